The number of benzene rings is 2. The van der Waals surface area contributed by atoms with E-state index in [0.717, 1.165) is 42.3 Å². The van der Waals surface area contributed by atoms with E-state index >= 15 is 0 Å². The smallest absolute Gasteiger partial charge is 0.165 e. The van der Waals surface area contributed by atoms with Gasteiger partial charge in [-0.25, -0.2) is 0 Å². The number of hydrogen-bond donors (Lipinski definition) is 1. The van der Waals surface area contributed by atoms with E-state index in [1.165, 1.54) is 5.56 Å². The van der Waals surface area contributed by atoms with Gasteiger partial charge in [0.15, 0.2) is 11.5 Å². The maximum absolute atomic E-state index is 5.43. The third-order valence-electron chi connectivity index (χ3n) is 3.55. The monoisotopic (exact) mass is 301 g/mol. The molecule has 0 saturated carbocycles. The molecular formula is C18H23NO3. The van der Waals surface area contributed by atoms with E-state index in [0.29, 0.717) is 0 Å². The molecule has 2 rings (SSSR count). The summed E-state index contributed by atoms with van der Waals surface area (Å²) in [4.78, 5) is 0. The summed E-state index contributed by atoms with van der Waals surface area (Å²) in [7, 11) is 5.00. The predicted molar refractivity (Wildman–Crippen MR) is 88.0 cm³/mol. The molecule has 0 saturated heterocycles. The molecule has 0 radical (unpaired) electrons. The molecule has 2 aromatic carbocycles. The van der Waals surface area contributed by atoms with Gasteiger partial charge in [-0.1, -0.05) is 24.3 Å². The Hall–Kier alpha value is -2.20. The summed E-state index contributed by atoms with van der Waals surface area (Å²) >= 11 is 0. The quantitative estimate of drug-likeness (QED) is 0.761. The van der Waals surface area contributed by atoms with Crippen molar-refractivity contribution in [3.05, 3.63) is 53.6 Å². The SMILES string of the molecule is COc1ccc(CCNCc2cccc(OC)c2OC)cc1. The van der Waals surface area contributed by atoms with E-state index < -0.39 is 0 Å². The van der Waals surface area contributed by atoms with Gasteiger partial charge < -0.3 is 19.5 Å². The molecule has 2 aromatic rings. The number of ether oxygens (including phenoxy) is 3. The lowest BCUT2D eigenvalue weighted by Gasteiger charge is -2.13. The summed E-state index contributed by atoms with van der Waals surface area (Å²) in [6.07, 6.45) is 0.969. The van der Waals surface area contributed by atoms with Gasteiger partial charge in [-0.05, 0) is 36.7 Å². The Balaban J connectivity index is 1.86. The van der Waals surface area contributed by atoms with Crippen molar-refractivity contribution in [3.63, 3.8) is 0 Å². The minimum absolute atomic E-state index is 0.747. The first-order chi connectivity index (χ1) is 10.8. The van der Waals surface area contributed by atoms with Crippen LogP contribution in [0.5, 0.6) is 17.2 Å². The molecule has 0 bridgehead atoms. The summed E-state index contributed by atoms with van der Waals surface area (Å²) < 4.78 is 15.9. The molecule has 0 amide bonds. The van der Waals surface area contributed by atoms with E-state index in [1.54, 1.807) is 21.3 Å². The van der Waals surface area contributed by atoms with Gasteiger partial charge in [-0.3, -0.25) is 0 Å². The summed E-state index contributed by atoms with van der Waals surface area (Å²) in [5.41, 5.74) is 2.38. The van der Waals surface area contributed by atoms with Crippen LogP contribution in [0.4, 0.5) is 0 Å². The zero-order chi connectivity index (χ0) is 15.8. The van der Waals surface area contributed by atoms with Crippen LogP contribution >= 0.6 is 0 Å². The van der Waals surface area contributed by atoms with Crippen LogP contribution in [0.2, 0.25) is 0 Å². The zero-order valence-electron chi connectivity index (χ0n) is 13.4. The maximum Gasteiger partial charge on any atom is 0.165 e. The Morgan fingerprint density at radius 3 is 2.27 bits per heavy atom. The molecule has 0 fully saturated rings. The normalized spacial score (nSPS) is 10.3. The highest BCUT2D eigenvalue weighted by atomic mass is 16.5. The Kier molecular flexibility index (Phi) is 6.10. The maximum atomic E-state index is 5.43. The number of rotatable bonds is 8. The van der Waals surface area contributed by atoms with E-state index in [-0.39, 0.29) is 0 Å². The van der Waals surface area contributed by atoms with Crippen molar-refractivity contribution in [1.82, 2.24) is 5.32 Å². The first-order valence-electron chi connectivity index (χ1n) is 7.32. The number of para-hydroxylation sites is 1. The average molecular weight is 301 g/mol. The van der Waals surface area contributed by atoms with Crippen LogP contribution < -0.4 is 19.5 Å². The molecule has 0 aliphatic carbocycles. The summed E-state index contributed by atoms with van der Waals surface area (Å²) in [5, 5.41) is 3.44. The largest absolute Gasteiger partial charge is 0.497 e. The van der Waals surface area contributed by atoms with Crippen LogP contribution in [0.3, 0.4) is 0 Å². The molecule has 0 spiro atoms. The van der Waals surface area contributed by atoms with Crippen LogP contribution in [0.1, 0.15) is 11.1 Å². The Morgan fingerprint density at radius 1 is 0.864 bits per heavy atom. The highest BCUT2D eigenvalue weighted by Gasteiger charge is 2.08. The molecule has 0 heterocycles. The van der Waals surface area contributed by atoms with Gasteiger partial charge in [0.2, 0.25) is 0 Å². The lowest BCUT2D eigenvalue weighted by molar-refractivity contribution is 0.350. The minimum Gasteiger partial charge on any atom is -0.497 e. The van der Waals surface area contributed by atoms with Crippen LogP contribution in [0.15, 0.2) is 42.5 Å². The first kappa shape index (κ1) is 16.2. The zero-order valence-corrected chi connectivity index (χ0v) is 13.4. The van der Waals surface area contributed by atoms with Crippen molar-refractivity contribution in [3.8, 4) is 17.2 Å². The van der Waals surface area contributed by atoms with Crippen molar-refractivity contribution in [2.24, 2.45) is 0 Å². The van der Waals surface area contributed by atoms with Gasteiger partial charge in [-0.15, -0.1) is 0 Å². The predicted octanol–water partition coefficient (Wildman–Crippen LogP) is 3.04. The molecule has 0 aliphatic rings. The lowest BCUT2D eigenvalue weighted by atomic mass is 10.1. The molecule has 118 valence electrons. The second kappa shape index (κ2) is 8.29. The molecule has 4 nitrogen and oxygen atoms in total. The number of hydrogen-bond acceptors (Lipinski definition) is 4. The van der Waals surface area contributed by atoms with Gasteiger partial charge in [0.25, 0.3) is 0 Å². The van der Waals surface area contributed by atoms with E-state index in [9.17, 15) is 0 Å². The molecule has 0 aromatic heterocycles. The van der Waals surface area contributed by atoms with Gasteiger partial charge in [-0.2, -0.15) is 0 Å². The van der Waals surface area contributed by atoms with Crippen molar-refractivity contribution in [1.29, 1.82) is 0 Å². The lowest BCUT2D eigenvalue weighted by Crippen LogP contribution is -2.17. The second-order valence-electron chi connectivity index (χ2n) is 4.93. The number of nitrogens with one attached hydrogen (secondary N) is 1. The fraction of sp³-hybridized carbons (Fsp3) is 0.333. The van der Waals surface area contributed by atoms with Gasteiger partial charge in [0, 0.05) is 12.1 Å². The Morgan fingerprint density at radius 2 is 1.64 bits per heavy atom. The second-order valence-corrected chi connectivity index (χ2v) is 4.93. The van der Waals surface area contributed by atoms with Gasteiger partial charge >= 0.3 is 0 Å². The molecule has 22 heavy (non-hydrogen) atoms. The minimum atomic E-state index is 0.747. The van der Waals surface area contributed by atoms with Crippen molar-refractivity contribution < 1.29 is 14.2 Å². The average Bonchev–Trinajstić information content (AvgIpc) is 2.58. The summed E-state index contributed by atoms with van der Waals surface area (Å²) in [5.74, 6) is 2.44. The standard InChI is InChI=1S/C18H23NO3/c1-20-16-9-7-14(8-10-16)11-12-19-13-15-5-4-6-17(21-2)18(15)22-3/h4-10,19H,11-13H2,1-3H3. The van der Waals surface area contributed by atoms with Crippen molar-refractivity contribution in [2.45, 2.75) is 13.0 Å². The molecule has 1 N–H and O–H groups in total. The fourth-order valence-corrected chi connectivity index (χ4v) is 2.34. The van der Waals surface area contributed by atoms with Crippen molar-refractivity contribution >= 4 is 0 Å². The topological polar surface area (TPSA) is 39.7 Å². The van der Waals surface area contributed by atoms with Gasteiger partial charge in [0.05, 0.1) is 21.3 Å². The third-order valence-corrected chi connectivity index (χ3v) is 3.55. The highest BCUT2D eigenvalue weighted by Crippen LogP contribution is 2.30. The van der Waals surface area contributed by atoms with E-state index in [4.69, 9.17) is 14.2 Å². The van der Waals surface area contributed by atoms with Crippen LogP contribution in [-0.2, 0) is 13.0 Å². The highest BCUT2D eigenvalue weighted by molar-refractivity contribution is 5.46. The summed E-state index contributed by atoms with van der Waals surface area (Å²) in [6, 6.07) is 14.1. The first-order valence-corrected chi connectivity index (χ1v) is 7.32. The van der Waals surface area contributed by atoms with Gasteiger partial charge in [0.1, 0.15) is 5.75 Å². The fourth-order valence-electron chi connectivity index (χ4n) is 2.34. The molecule has 0 unspecified atom stereocenters. The molecule has 0 aliphatic heterocycles. The van der Waals surface area contributed by atoms with E-state index in [1.807, 2.05) is 30.3 Å². The molecular weight excluding hydrogens is 278 g/mol. The van der Waals surface area contributed by atoms with Crippen LogP contribution in [0, 0.1) is 0 Å². The third kappa shape index (κ3) is 4.15. The number of methoxy groups -OCH3 is 3. The molecule has 0 atom stereocenters. The van der Waals surface area contributed by atoms with Crippen LogP contribution in [-0.4, -0.2) is 27.9 Å². The van der Waals surface area contributed by atoms with E-state index in [2.05, 4.69) is 17.4 Å². The summed E-state index contributed by atoms with van der Waals surface area (Å²) in [6.45, 7) is 1.64. The Bertz CT molecular complexity index is 581. The Labute approximate surface area is 132 Å². The van der Waals surface area contributed by atoms with Crippen LogP contribution in [0.25, 0.3) is 0 Å². The van der Waals surface area contributed by atoms with Crippen molar-refractivity contribution in [2.75, 3.05) is 27.9 Å². The molecule has 4 heteroatoms.